The molecule has 18 heavy (non-hydrogen) atoms. The van der Waals surface area contributed by atoms with Gasteiger partial charge < -0.3 is 14.6 Å². The molecule has 1 aromatic heterocycles. The van der Waals surface area contributed by atoms with Crippen LogP contribution in [0.3, 0.4) is 0 Å². The Morgan fingerprint density at radius 3 is 2.89 bits per heavy atom. The van der Waals surface area contributed by atoms with E-state index in [1.54, 1.807) is 7.11 Å². The van der Waals surface area contributed by atoms with E-state index in [9.17, 15) is 0 Å². The molecule has 1 heterocycles. The summed E-state index contributed by atoms with van der Waals surface area (Å²) in [6.45, 7) is 7.02. The van der Waals surface area contributed by atoms with Gasteiger partial charge in [-0.15, -0.1) is 0 Å². The van der Waals surface area contributed by atoms with Crippen molar-refractivity contribution >= 4 is 10.9 Å². The zero-order chi connectivity index (χ0) is 13.0. The topological polar surface area (TPSA) is 26.2 Å². The average molecular weight is 246 g/mol. The van der Waals surface area contributed by atoms with Gasteiger partial charge in [0.15, 0.2) is 0 Å². The number of aryl methyl sites for hydroxylation is 1. The molecular weight excluding hydrogens is 224 g/mol. The molecule has 0 aliphatic carbocycles. The highest BCUT2D eigenvalue weighted by atomic mass is 16.5. The number of hydrogen-bond acceptors (Lipinski definition) is 2. The number of methoxy groups -OCH3 is 1. The monoisotopic (exact) mass is 246 g/mol. The van der Waals surface area contributed by atoms with E-state index in [0.717, 1.165) is 19.7 Å². The molecular formula is C15H22N2O. The van der Waals surface area contributed by atoms with Gasteiger partial charge in [-0.3, -0.25) is 0 Å². The van der Waals surface area contributed by atoms with Crippen LogP contribution in [0, 0.1) is 6.92 Å². The lowest BCUT2D eigenvalue weighted by Crippen LogP contribution is -2.32. The Balaban J connectivity index is 2.01. The average Bonchev–Trinajstić information content (AvgIpc) is 2.66. The smallest absolute Gasteiger partial charge is 0.0613 e. The van der Waals surface area contributed by atoms with Gasteiger partial charge in [-0.25, -0.2) is 0 Å². The van der Waals surface area contributed by atoms with Crippen molar-refractivity contribution in [2.45, 2.75) is 26.4 Å². The lowest BCUT2D eigenvalue weighted by molar-refractivity contribution is 0.172. The highest BCUT2D eigenvalue weighted by molar-refractivity contribution is 5.81. The summed E-state index contributed by atoms with van der Waals surface area (Å²) in [5.74, 6) is 0. The maximum atomic E-state index is 5.12. The van der Waals surface area contributed by atoms with Crippen molar-refractivity contribution in [1.29, 1.82) is 0 Å². The lowest BCUT2D eigenvalue weighted by atomic mass is 10.2. The first-order chi connectivity index (χ1) is 8.72. The van der Waals surface area contributed by atoms with E-state index >= 15 is 0 Å². The predicted octanol–water partition coefficient (Wildman–Crippen LogP) is 2.57. The van der Waals surface area contributed by atoms with Crippen LogP contribution in [0.1, 0.15) is 12.6 Å². The molecule has 0 bridgehead atoms. The van der Waals surface area contributed by atoms with E-state index in [1.165, 1.54) is 16.6 Å². The van der Waals surface area contributed by atoms with Crippen molar-refractivity contribution in [3.8, 4) is 0 Å². The summed E-state index contributed by atoms with van der Waals surface area (Å²) in [6.07, 6.45) is 0. The number of ether oxygens (including phenoxy) is 1. The van der Waals surface area contributed by atoms with Crippen molar-refractivity contribution in [2.75, 3.05) is 20.3 Å². The number of fused-ring (bicyclic) bond motifs is 1. The van der Waals surface area contributed by atoms with Crippen LogP contribution in [-0.2, 0) is 11.3 Å². The molecule has 0 amide bonds. The molecule has 0 fully saturated rings. The van der Waals surface area contributed by atoms with Crippen molar-refractivity contribution in [3.63, 3.8) is 0 Å². The molecule has 0 aliphatic heterocycles. The standard InChI is InChI=1S/C15H22N2O/c1-12(11-18-3)16-8-9-17-13(2)10-14-6-4-5-7-15(14)17/h4-7,10,12,16H,8-9,11H2,1-3H3/t12-/m1/s1. The highest BCUT2D eigenvalue weighted by Crippen LogP contribution is 2.18. The number of benzene rings is 1. The minimum Gasteiger partial charge on any atom is -0.383 e. The van der Waals surface area contributed by atoms with Crippen LogP contribution >= 0.6 is 0 Å². The van der Waals surface area contributed by atoms with Crippen LogP contribution in [0.25, 0.3) is 10.9 Å². The molecule has 3 nitrogen and oxygen atoms in total. The van der Waals surface area contributed by atoms with E-state index in [-0.39, 0.29) is 0 Å². The Morgan fingerprint density at radius 1 is 1.33 bits per heavy atom. The zero-order valence-electron chi connectivity index (χ0n) is 11.4. The molecule has 1 atom stereocenters. The number of para-hydroxylation sites is 1. The van der Waals surface area contributed by atoms with E-state index in [4.69, 9.17) is 4.74 Å². The van der Waals surface area contributed by atoms with Crippen molar-refractivity contribution in [1.82, 2.24) is 9.88 Å². The maximum Gasteiger partial charge on any atom is 0.0613 e. The molecule has 2 aromatic rings. The number of hydrogen-bond donors (Lipinski definition) is 1. The Morgan fingerprint density at radius 2 is 2.11 bits per heavy atom. The molecule has 0 spiro atoms. The first kappa shape index (κ1) is 13.1. The molecule has 0 radical (unpaired) electrons. The first-order valence-electron chi connectivity index (χ1n) is 6.49. The Hall–Kier alpha value is -1.32. The van der Waals surface area contributed by atoms with Crippen LogP contribution in [0.2, 0.25) is 0 Å². The molecule has 0 saturated carbocycles. The van der Waals surface area contributed by atoms with Gasteiger partial charge in [-0.05, 0) is 31.4 Å². The van der Waals surface area contributed by atoms with Gasteiger partial charge in [-0.1, -0.05) is 18.2 Å². The van der Waals surface area contributed by atoms with Crippen LogP contribution in [-0.4, -0.2) is 30.9 Å². The van der Waals surface area contributed by atoms with Crippen molar-refractivity contribution in [3.05, 3.63) is 36.0 Å². The quantitative estimate of drug-likeness (QED) is 0.848. The second-order valence-electron chi connectivity index (χ2n) is 4.81. The third kappa shape index (κ3) is 2.92. The van der Waals surface area contributed by atoms with Gasteiger partial charge in [0.1, 0.15) is 0 Å². The number of rotatable bonds is 6. The van der Waals surface area contributed by atoms with Gasteiger partial charge in [0.05, 0.1) is 6.61 Å². The van der Waals surface area contributed by atoms with Crippen LogP contribution in [0.15, 0.2) is 30.3 Å². The second-order valence-corrected chi connectivity index (χ2v) is 4.81. The second kappa shape index (κ2) is 6.03. The Kier molecular flexibility index (Phi) is 4.39. The van der Waals surface area contributed by atoms with Gasteiger partial charge in [0.2, 0.25) is 0 Å². The Labute approximate surface area is 109 Å². The summed E-state index contributed by atoms with van der Waals surface area (Å²) in [5, 5.41) is 4.79. The van der Waals surface area contributed by atoms with E-state index in [2.05, 4.69) is 54.1 Å². The molecule has 0 unspecified atom stereocenters. The van der Waals surface area contributed by atoms with E-state index in [0.29, 0.717) is 6.04 Å². The highest BCUT2D eigenvalue weighted by Gasteiger charge is 2.05. The molecule has 0 saturated heterocycles. The van der Waals surface area contributed by atoms with E-state index < -0.39 is 0 Å². The Bertz CT molecular complexity index is 504. The number of nitrogens with one attached hydrogen (secondary N) is 1. The van der Waals surface area contributed by atoms with Crippen molar-refractivity contribution in [2.24, 2.45) is 0 Å². The fraction of sp³-hybridized carbons (Fsp3) is 0.467. The predicted molar refractivity (Wildman–Crippen MR) is 76.0 cm³/mol. The third-order valence-electron chi connectivity index (χ3n) is 3.26. The lowest BCUT2D eigenvalue weighted by Gasteiger charge is -2.14. The SMILES string of the molecule is COC[C@@H](C)NCCn1c(C)cc2ccccc21. The van der Waals surface area contributed by atoms with Crippen LogP contribution in [0.4, 0.5) is 0 Å². The summed E-state index contributed by atoms with van der Waals surface area (Å²) >= 11 is 0. The zero-order valence-corrected chi connectivity index (χ0v) is 11.4. The molecule has 3 heteroatoms. The molecule has 0 aliphatic rings. The van der Waals surface area contributed by atoms with Crippen LogP contribution in [0.5, 0.6) is 0 Å². The van der Waals surface area contributed by atoms with Gasteiger partial charge in [0, 0.05) is 37.5 Å². The summed E-state index contributed by atoms with van der Waals surface area (Å²) < 4.78 is 7.48. The fourth-order valence-electron chi connectivity index (χ4n) is 2.38. The van der Waals surface area contributed by atoms with E-state index in [1.807, 2.05) is 0 Å². The maximum absolute atomic E-state index is 5.12. The summed E-state index contributed by atoms with van der Waals surface area (Å²) in [5.41, 5.74) is 2.63. The fourth-order valence-corrected chi connectivity index (χ4v) is 2.38. The summed E-state index contributed by atoms with van der Waals surface area (Å²) in [6, 6.07) is 11.2. The van der Waals surface area contributed by atoms with Gasteiger partial charge in [-0.2, -0.15) is 0 Å². The van der Waals surface area contributed by atoms with Gasteiger partial charge >= 0.3 is 0 Å². The summed E-state index contributed by atoms with van der Waals surface area (Å²) in [7, 11) is 1.74. The number of aromatic nitrogens is 1. The molecule has 2 rings (SSSR count). The van der Waals surface area contributed by atoms with Crippen molar-refractivity contribution < 1.29 is 4.74 Å². The minimum absolute atomic E-state index is 0.400. The third-order valence-corrected chi connectivity index (χ3v) is 3.26. The minimum atomic E-state index is 0.400. The largest absolute Gasteiger partial charge is 0.383 e. The molecule has 1 aromatic carbocycles. The molecule has 98 valence electrons. The normalized spacial score (nSPS) is 13.1. The first-order valence-corrected chi connectivity index (χ1v) is 6.49. The van der Waals surface area contributed by atoms with Crippen LogP contribution < -0.4 is 5.32 Å². The summed E-state index contributed by atoms with van der Waals surface area (Å²) in [4.78, 5) is 0. The molecule has 1 N–H and O–H groups in total. The van der Waals surface area contributed by atoms with Gasteiger partial charge in [0.25, 0.3) is 0 Å². The number of nitrogens with zero attached hydrogens (tertiary/aromatic N) is 1.